The number of aromatic nitrogens is 3. The molecule has 2 aromatic carbocycles. The zero-order chi connectivity index (χ0) is 17.4. The highest BCUT2D eigenvalue weighted by Crippen LogP contribution is 2.30. The number of hydrogen-bond acceptors (Lipinski definition) is 5. The Morgan fingerprint density at radius 2 is 2.12 bits per heavy atom. The monoisotopic (exact) mass is 350 g/mol. The molecule has 4 aromatic rings. The van der Waals surface area contributed by atoms with Gasteiger partial charge in [0.05, 0.1) is 16.7 Å². The minimum Gasteiger partial charge on any atom is -0.508 e. The molecule has 0 fully saturated rings. The smallest absolute Gasteiger partial charge is 0.268 e. The van der Waals surface area contributed by atoms with Crippen LogP contribution in [0.4, 0.5) is 0 Å². The van der Waals surface area contributed by atoms with Crippen LogP contribution in [0.2, 0.25) is 0 Å². The highest BCUT2D eigenvalue weighted by atomic mass is 32.1. The number of nitrogens with two attached hydrogens (primary N) is 1. The van der Waals surface area contributed by atoms with Crippen molar-refractivity contribution in [1.82, 2.24) is 15.2 Å². The van der Waals surface area contributed by atoms with E-state index >= 15 is 0 Å². The van der Waals surface area contributed by atoms with E-state index in [-0.39, 0.29) is 11.4 Å². The summed E-state index contributed by atoms with van der Waals surface area (Å²) >= 11 is 1.41. The standard InChI is InChI=1S/C18H14N4O2S/c19-18(24)16-9-25-17(21-16)7-12-4-11(6-15-14(12)8-20-22-15)10-2-1-3-13(23)5-10/h1-6,8-9,23H,7H2,(H2,19,24)(H,20,22). The fraction of sp³-hybridized carbons (Fsp3) is 0.0556. The van der Waals surface area contributed by atoms with Crippen molar-refractivity contribution in [3.63, 3.8) is 0 Å². The van der Waals surface area contributed by atoms with Crippen molar-refractivity contribution in [2.75, 3.05) is 0 Å². The Hall–Kier alpha value is -3.19. The summed E-state index contributed by atoms with van der Waals surface area (Å²) in [5.41, 5.74) is 9.38. The maximum absolute atomic E-state index is 11.2. The lowest BCUT2D eigenvalue weighted by Gasteiger charge is -2.07. The number of hydrogen-bond donors (Lipinski definition) is 3. The van der Waals surface area contributed by atoms with Gasteiger partial charge >= 0.3 is 0 Å². The Labute approximate surface area is 147 Å². The van der Waals surface area contributed by atoms with Gasteiger partial charge < -0.3 is 10.8 Å². The second-order valence-corrected chi connectivity index (χ2v) is 6.63. The number of carbonyl (C=O) groups is 1. The van der Waals surface area contributed by atoms with Gasteiger partial charge in [0.25, 0.3) is 5.91 Å². The van der Waals surface area contributed by atoms with Crippen LogP contribution in [0.25, 0.3) is 22.0 Å². The van der Waals surface area contributed by atoms with Crippen LogP contribution in [0.15, 0.2) is 48.0 Å². The van der Waals surface area contributed by atoms with Gasteiger partial charge in [-0.25, -0.2) is 4.98 Å². The first-order valence-electron chi connectivity index (χ1n) is 7.60. The highest BCUT2D eigenvalue weighted by Gasteiger charge is 2.12. The van der Waals surface area contributed by atoms with E-state index in [1.54, 1.807) is 23.7 Å². The topological polar surface area (TPSA) is 105 Å². The average Bonchev–Trinajstić information content (AvgIpc) is 3.23. The fourth-order valence-electron chi connectivity index (χ4n) is 2.79. The van der Waals surface area contributed by atoms with Gasteiger partial charge in [-0.2, -0.15) is 5.10 Å². The lowest BCUT2D eigenvalue weighted by atomic mass is 9.98. The molecule has 0 aliphatic carbocycles. The van der Waals surface area contributed by atoms with Gasteiger partial charge in [0, 0.05) is 17.2 Å². The second-order valence-electron chi connectivity index (χ2n) is 5.68. The van der Waals surface area contributed by atoms with Crippen molar-refractivity contribution in [1.29, 1.82) is 0 Å². The molecule has 2 aromatic heterocycles. The van der Waals surface area contributed by atoms with Crippen LogP contribution >= 0.6 is 11.3 Å². The molecular formula is C18H14N4O2S. The number of phenols is 1. The van der Waals surface area contributed by atoms with Crippen LogP contribution in [-0.4, -0.2) is 26.2 Å². The molecule has 4 N–H and O–H groups in total. The van der Waals surface area contributed by atoms with Crippen molar-refractivity contribution in [2.24, 2.45) is 5.73 Å². The number of nitrogens with one attached hydrogen (secondary N) is 1. The maximum atomic E-state index is 11.2. The lowest BCUT2D eigenvalue weighted by molar-refractivity contribution is 0.0996. The second kappa shape index (κ2) is 6.03. The van der Waals surface area contributed by atoms with Crippen molar-refractivity contribution in [3.05, 3.63) is 64.2 Å². The van der Waals surface area contributed by atoms with E-state index in [1.165, 1.54) is 11.3 Å². The number of aromatic amines is 1. The number of carbonyl (C=O) groups excluding carboxylic acids is 1. The van der Waals surface area contributed by atoms with Gasteiger partial charge in [0.2, 0.25) is 0 Å². The molecule has 0 saturated heterocycles. The Balaban J connectivity index is 1.79. The van der Waals surface area contributed by atoms with Crippen molar-refractivity contribution in [2.45, 2.75) is 6.42 Å². The number of aromatic hydroxyl groups is 1. The molecule has 6 nitrogen and oxygen atoms in total. The lowest BCUT2D eigenvalue weighted by Crippen LogP contribution is -2.11. The summed E-state index contributed by atoms with van der Waals surface area (Å²) in [7, 11) is 0. The first kappa shape index (κ1) is 15.3. The summed E-state index contributed by atoms with van der Waals surface area (Å²) in [6, 6.07) is 11.2. The van der Waals surface area contributed by atoms with Crippen LogP contribution in [0.3, 0.4) is 0 Å². The molecule has 0 atom stereocenters. The van der Waals surface area contributed by atoms with E-state index in [4.69, 9.17) is 5.73 Å². The predicted octanol–water partition coefficient (Wildman–Crippen LogP) is 3.08. The van der Waals surface area contributed by atoms with Gasteiger partial charge in [0.15, 0.2) is 0 Å². The number of amides is 1. The molecular weight excluding hydrogens is 336 g/mol. The number of benzene rings is 2. The van der Waals surface area contributed by atoms with Gasteiger partial charge in [-0.3, -0.25) is 9.89 Å². The zero-order valence-corrected chi connectivity index (χ0v) is 13.9. The summed E-state index contributed by atoms with van der Waals surface area (Å²) < 4.78 is 0. The van der Waals surface area contributed by atoms with E-state index in [9.17, 15) is 9.90 Å². The molecule has 124 valence electrons. The SMILES string of the molecule is NC(=O)c1csc(Cc2cc(-c3cccc(O)c3)cc3[nH]ncc23)n1. The van der Waals surface area contributed by atoms with Crippen LogP contribution < -0.4 is 5.73 Å². The predicted molar refractivity (Wildman–Crippen MR) is 96.6 cm³/mol. The van der Waals surface area contributed by atoms with E-state index in [2.05, 4.69) is 21.2 Å². The molecule has 2 heterocycles. The van der Waals surface area contributed by atoms with Crippen molar-refractivity contribution < 1.29 is 9.90 Å². The number of thiazole rings is 1. The summed E-state index contributed by atoms with van der Waals surface area (Å²) in [6.07, 6.45) is 2.35. The summed E-state index contributed by atoms with van der Waals surface area (Å²) in [6.45, 7) is 0. The number of primary amides is 1. The Bertz CT molecular complexity index is 1080. The minimum absolute atomic E-state index is 0.217. The molecule has 4 rings (SSSR count). The van der Waals surface area contributed by atoms with E-state index in [0.29, 0.717) is 6.42 Å². The molecule has 25 heavy (non-hydrogen) atoms. The number of H-pyrrole nitrogens is 1. The number of phenolic OH excluding ortho intramolecular Hbond substituents is 1. The average molecular weight is 350 g/mol. The van der Waals surface area contributed by atoms with Crippen molar-refractivity contribution >= 4 is 28.1 Å². The maximum Gasteiger partial charge on any atom is 0.268 e. The number of rotatable bonds is 4. The Kier molecular flexibility index (Phi) is 3.70. The van der Waals surface area contributed by atoms with Crippen LogP contribution in [0.5, 0.6) is 5.75 Å². The molecule has 0 bridgehead atoms. The van der Waals surface area contributed by atoms with Gasteiger partial charge in [-0.05, 0) is 41.0 Å². The summed E-state index contributed by atoms with van der Waals surface area (Å²) in [5, 5.41) is 20.3. The van der Waals surface area contributed by atoms with Gasteiger partial charge in [-0.1, -0.05) is 12.1 Å². The largest absolute Gasteiger partial charge is 0.508 e. The van der Waals surface area contributed by atoms with Gasteiger partial charge in [-0.15, -0.1) is 11.3 Å². The number of nitrogens with zero attached hydrogens (tertiary/aromatic N) is 2. The third-order valence-electron chi connectivity index (χ3n) is 3.97. The minimum atomic E-state index is -0.524. The van der Waals surface area contributed by atoms with Gasteiger partial charge in [0.1, 0.15) is 11.4 Å². The van der Waals surface area contributed by atoms with Crippen LogP contribution in [0.1, 0.15) is 21.1 Å². The van der Waals surface area contributed by atoms with E-state index < -0.39 is 5.91 Å². The third kappa shape index (κ3) is 2.97. The fourth-order valence-corrected chi connectivity index (χ4v) is 3.60. The highest BCUT2D eigenvalue weighted by molar-refractivity contribution is 7.09. The molecule has 0 radical (unpaired) electrons. The third-order valence-corrected chi connectivity index (χ3v) is 4.82. The molecule has 1 amide bonds. The normalized spacial score (nSPS) is 11.0. The summed E-state index contributed by atoms with van der Waals surface area (Å²) in [5.74, 6) is -0.306. The Morgan fingerprint density at radius 3 is 2.88 bits per heavy atom. The Morgan fingerprint density at radius 1 is 1.24 bits per heavy atom. The first-order chi connectivity index (χ1) is 12.1. The molecule has 0 unspecified atom stereocenters. The van der Waals surface area contributed by atoms with Crippen LogP contribution in [0, 0.1) is 0 Å². The van der Waals surface area contributed by atoms with E-state index in [1.807, 2.05) is 18.2 Å². The molecule has 0 aliphatic rings. The van der Waals surface area contributed by atoms with Crippen molar-refractivity contribution in [3.8, 4) is 16.9 Å². The van der Waals surface area contributed by atoms with Crippen LogP contribution in [-0.2, 0) is 6.42 Å². The van der Waals surface area contributed by atoms with E-state index in [0.717, 1.165) is 32.6 Å². The number of fused-ring (bicyclic) bond motifs is 1. The quantitative estimate of drug-likeness (QED) is 0.526. The molecule has 0 saturated carbocycles. The first-order valence-corrected chi connectivity index (χ1v) is 8.48. The summed E-state index contributed by atoms with van der Waals surface area (Å²) in [4.78, 5) is 15.5. The zero-order valence-electron chi connectivity index (χ0n) is 13.1. The molecule has 0 aliphatic heterocycles. The molecule has 7 heteroatoms. The molecule has 0 spiro atoms.